The SMILES string of the molecule is Cc1ccc(SC[C@H](Cc2ccccc2)N2CC[C@@H](C)CCC2=O)cc1. The van der Waals surface area contributed by atoms with Gasteiger partial charge in [-0.2, -0.15) is 0 Å². The first-order valence-electron chi connectivity index (χ1n) is 9.64. The Labute approximate surface area is 162 Å². The minimum Gasteiger partial charge on any atom is -0.339 e. The standard InChI is InChI=1S/C23H29NOS/c1-18-8-11-22(12-9-18)26-17-21(16-20-6-4-3-5-7-20)24-15-14-19(2)10-13-23(24)25/h3-9,11-12,19,21H,10,13-17H2,1-2H3/t19-,21-/m0/s1. The number of carbonyl (C=O) groups is 1. The summed E-state index contributed by atoms with van der Waals surface area (Å²) in [5, 5.41) is 0. The van der Waals surface area contributed by atoms with Gasteiger partial charge in [-0.3, -0.25) is 4.79 Å². The van der Waals surface area contributed by atoms with Crippen LogP contribution in [0.5, 0.6) is 0 Å². The van der Waals surface area contributed by atoms with Crippen LogP contribution in [0.25, 0.3) is 0 Å². The summed E-state index contributed by atoms with van der Waals surface area (Å²) in [7, 11) is 0. The van der Waals surface area contributed by atoms with E-state index in [4.69, 9.17) is 0 Å². The van der Waals surface area contributed by atoms with Gasteiger partial charge >= 0.3 is 0 Å². The first-order chi connectivity index (χ1) is 12.6. The van der Waals surface area contributed by atoms with Gasteiger partial charge in [-0.1, -0.05) is 55.0 Å². The second kappa shape index (κ2) is 9.27. The molecule has 0 radical (unpaired) electrons. The van der Waals surface area contributed by atoms with Gasteiger partial charge in [-0.05, 0) is 49.8 Å². The Kier molecular flexibility index (Phi) is 6.79. The quantitative estimate of drug-likeness (QED) is 0.642. The van der Waals surface area contributed by atoms with Gasteiger partial charge in [0, 0.05) is 29.7 Å². The molecule has 26 heavy (non-hydrogen) atoms. The lowest BCUT2D eigenvalue weighted by Gasteiger charge is -2.31. The van der Waals surface area contributed by atoms with Gasteiger partial charge in [0.1, 0.15) is 0 Å². The molecule has 2 aromatic rings. The lowest BCUT2D eigenvalue weighted by atomic mass is 10.0. The van der Waals surface area contributed by atoms with Crippen molar-refractivity contribution in [3.05, 3.63) is 65.7 Å². The van der Waals surface area contributed by atoms with Gasteiger partial charge in [-0.15, -0.1) is 11.8 Å². The molecule has 2 aromatic carbocycles. The highest BCUT2D eigenvalue weighted by Gasteiger charge is 2.27. The van der Waals surface area contributed by atoms with Gasteiger partial charge in [0.15, 0.2) is 0 Å². The number of rotatable bonds is 6. The summed E-state index contributed by atoms with van der Waals surface area (Å²) in [5.41, 5.74) is 2.60. The van der Waals surface area contributed by atoms with Crippen LogP contribution in [0.2, 0.25) is 0 Å². The van der Waals surface area contributed by atoms with E-state index in [1.54, 1.807) is 0 Å². The third-order valence-electron chi connectivity index (χ3n) is 5.25. The smallest absolute Gasteiger partial charge is 0.222 e. The highest BCUT2D eigenvalue weighted by atomic mass is 32.2. The number of likely N-dealkylation sites (tertiary alicyclic amines) is 1. The number of nitrogens with zero attached hydrogens (tertiary/aromatic N) is 1. The van der Waals surface area contributed by atoms with Crippen LogP contribution in [0.4, 0.5) is 0 Å². The molecule has 0 unspecified atom stereocenters. The van der Waals surface area contributed by atoms with Crippen molar-refractivity contribution in [1.29, 1.82) is 0 Å². The Balaban J connectivity index is 1.74. The van der Waals surface area contributed by atoms with Gasteiger partial charge in [0.2, 0.25) is 5.91 Å². The topological polar surface area (TPSA) is 20.3 Å². The molecule has 2 atom stereocenters. The third-order valence-corrected chi connectivity index (χ3v) is 6.41. The normalized spacial score (nSPS) is 19.2. The van der Waals surface area contributed by atoms with Crippen molar-refractivity contribution < 1.29 is 4.79 Å². The van der Waals surface area contributed by atoms with Crippen molar-refractivity contribution in [2.75, 3.05) is 12.3 Å². The number of carbonyl (C=O) groups excluding carboxylic acids is 1. The molecule has 2 nitrogen and oxygen atoms in total. The zero-order valence-corrected chi connectivity index (χ0v) is 16.7. The number of thioether (sulfide) groups is 1. The molecular weight excluding hydrogens is 338 g/mol. The number of benzene rings is 2. The largest absolute Gasteiger partial charge is 0.339 e. The van der Waals surface area contributed by atoms with E-state index >= 15 is 0 Å². The van der Waals surface area contributed by atoms with Crippen molar-refractivity contribution in [3.63, 3.8) is 0 Å². The van der Waals surface area contributed by atoms with Gasteiger partial charge in [0.05, 0.1) is 0 Å². The molecule has 3 heteroatoms. The Morgan fingerprint density at radius 1 is 1.08 bits per heavy atom. The zero-order chi connectivity index (χ0) is 18.4. The molecule has 1 saturated heterocycles. The van der Waals surface area contributed by atoms with Crippen LogP contribution in [-0.2, 0) is 11.2 Å². The molecule has 3 rings (SSSR count). The lowest BCUT2D eigenvalue weighted by Crippen LogP contribution is -2.43. The van der Waals surface area contributed by atoms with Crippen LogP contribution in [0.1, 0.15) is 37.3 Å². The minimum atomic E-state index is 0.251. The molecule has 1 aliphatic rings. The molecule has 0 aliphatic carbocycles. The van der Waals surface area contributed by atoms with E-state index in [0.717, 1.165) is 31.6 Å². The summed E-state index contributed by atoms with van der Waals surface area (Å²) in [6, 6.07) is 19.5. The monoisotopic (exact) mass is 367 g/mol. The Hall–Kier alpha value is -1.74. The van der Waals surface area contributed by atoms with Crippen LogP contribution in [0.15, 0.2) is 59.5 Å². The lowest BCUT2D eigenvalue weighted by molar-refractivity contribution is -0.132. The van der Waals surface area contributed by atoms with Crippen molar-refractivity contribution >= 4 is 17.7 Å². The molecule has 0 spiro atoms. The van der Waals surface area contributed by atoms with E-state index in [9.17, 15) is 4.79 Å². The second-order valence-electron chi connectivity index (χ2n) is 7.49. The highest BCUT2D eigenvalue weighted by molar-refractivity contribution is 7.99. The number of hydrogen-bond donors (Lipinski definition) is 0. The fraction of sp³-hybridized carbons (Fsp3) is 0.435. The highest BCUT2D eigenvalue weighted by Crippen LogP contribution is 2.26. The second-order valence-corrected chi connectivity index (χ2v) is 8.58. The van der Waals surface area contributed by atoms with Gasteiger partial charge < -0.3 is 4.90 Å². The van der Waals surface area contributed by atoms with Crippen LogP contribution in [-0.4, -0.2) is 29.1 Å². The summed E-state index contributed by atoms with van der Waals surface area (Å²) >= 11 is 1.87. The van der Waals surface area contributed by atoms with Gasteiger partial charge in [0.25, 0.3) is 0 Å². The minimum absolute atomic E-state index is 0.251. The van der Waals surface area contributed by atoms with Crippen molar-refractivity contribution in [2.45, 2.75) is 50.5 Å². The van der Waals surface area contributed by atoms with Crippen LogP contribution in [0.3, 0.4) is 0 Å². The molecule has 1 heterocycles. The Bertz CT molecular complexity index is 698. The van der Waals surface area contributed by atoms with Crippen molar-refractivity contribution in [2.24, 2.45) is 5.92 Å². The fourth-order valence-corrected chi connectivity index (χ4v) is 4.51. The predicted molar refractivity (Wildman–Crippen MR) is 111 cm³/mol. The third kappa shape index (κ3) is 5.38. The average Bonchev–Trinajstić information content (AvgIpc) is 2.82. The predicted octanol–water partition coefficient (Wildman–Crippen LogP) is 5.35. The summed E-state index contributed by atoms with van der Waals surface area (Å²) in [6.07, 6.45) is 3.77. The van der Waals surface area contributed by atoms with E-state index in [1.165, 1.54) is 16.0 Å². The number of amides is 1. The fourth-order valence-electron chi connectivity index (χ4n) is 3.50. The molecule has 1 amide bonds. The van der Waals surface area contributed by atoms with Crippen LogP contribution < -0.4 is 0 Å². The van der Waals surface area contributed by atoms with Crippen molar-refractivity contribution in [1.82, 2.24) is 4.90 Å². The molecule has 1 fully saturated rings. The first kappa shape index (κ1) is 19.0. The Morgan fingerprint density at radius 2 is 1.81 bits per heavy atom. The van der Waals surface area contributed by atoms with Crippen molar-refractivity contribution in [3.8, 4) is 0 Å². The maximum Gasteiger partial charge on any atom is 0.222 e. The Morgan fingerprint density at radius 3 is 2.54 bits per heavy atom. The van der Waals surface area contributed by atoms with E-state index in [-0.39, 0.29) is 6.04 Å². The van der Waals surface area contributed by atoms with Gasteiger partial charge in [-0.25, -0.2) is 0 Å². The average molecular weight is 368 g/mol. The van der Waals surface area contributed by atoms with Crippen LogP contribution >= 0.6 is 11.8 Å². The molecule has 0 N–H and O–H groups in total. The van der Waals surface area contributed by atoms with E-state index in [0.29, 0.717) is 18.2 Å². The first-order valence-corrected chi connectivity index (χ1v) is 10.6. The molecule has 0 saturated carbocycles. The number of hydrogen-bond acceptors (Lipinski definition) is 2. The molecular formula is C23H29NOS. The van der Waals surface area contributed by atoms with E-state index < -0.39 is 0 Å². The van der Waals surface area contributed by atoms with E-state index in [2.05, 4.69) is 73.3 Å². The summed E-state index contributed by atoms with van der Waals surface area (Å²) < 4.78 is 0. The molecule has 0 aromatic heterocycles. The number of aryl methyl sites for hydroxylation is 1. The maximum absolute atomic E-state index is 12.8. The van der Waals surface area contributed by atoms with Crippen LogP contribution in [0, 0.1) is 12.8 Å². The summed E-state index contributed by atoms with van der Waals surface area (Å²) in [5.74, 6) is 1.92. The molecule has 138 valence electrons. The summed E-state index contributed by atoms with van der Waals surface area (Å²) in [6.45, 7) is 5.28. The van der Waals surface area contributed by atoms with E-state index in [1.807, 2.05) is 11.8 Å². The summed E-state index contributed by atoms with van der Waals surface area (Å²) in [4.78, 5) is 16.2. The molecule has 0 bridgehead atoms. The molecule has 1 aliphatic heterocycles. The maximum atomic E-state index is 12.8. The zero-order valence-electron chi connectivity index (χ0n) is 15.9.